The van der Waals surface area contributed by atoms with E-state index in [2.05, 4.69) is 17.1 Å². The summed E-state index contributed by atoms with van der Waals surface area (Å²) in [6, 6.07) is 7.26. The number of ether oxygens (including phenoxy) is 1. The third kappa shape index (κ3) is 3.59. The molecule has 0 aliphatic rings. The van der Waals surface area contributed by atoms with Crippen LogP contribution >= 0.6 is 0 Å². The summed E-state index contributed by atoms with van der Waals surface area (Å²) in [6.45, 7) is 2.50. The van der Waals surface area contributed by atoms with Gasteiger partial charge in [0, 0.05) is 13.5 Å². The normalized spacial score (nSPS) is 10.4. The van der Waals surface area contributed by atoms with E-state index in [-0.39, 0.29) is 5.97 Å². The minimum Gasteiger partial charge on any atom is -0.465 e. The quantitative estimate of drug-likeness (QED) is 0.761. The van der Waals surface area contributed by atoms with Crippen molar-refractivity contribution in [3.05, 3.63) is 41.5 Å². The molecule has 2 aromatic rings. The van der Waals surface area contributed by atoms with Crippen molar-refractivity contribution < 1.29 is 14.1 Å². The Labute approximate surface area is 123 Å². The maximum absolute atomic E-state index is 11.8. The smallest absolute Gasteiger partial charge is 0.339 e. The summed E-state index contributed by atoms with van der Waals surface area (Å²) in [7, 11) is 3.24. The molecule has 1 aromatic carbocycles. The summed E-state index contributed by atoms with van der Waals surface area (Å²) >= 11 is 0. The number of hydrogen-bond donors (Lipinski definition) is 0. The molecule has 1 aromatic heterocycles. The van der Waals surface area contributed by atoms with Gasteiger partial charge >= 0.3 is 5.97 Å². The Morgan fingerprint density at radius 2 is 2.14 bits per heavy atom. The number of anilines is 1. The zero-order valence-corrected chi connectivity index (χ0v) is 12.5. The van der Waals surface area contributed by atoms with E-state index >= 15 is 0 Å². The van der Waals surface area contributed by atoms with Crippen LogP contribution in [0.5, 0.6) is 0 Å². The van der Waals surface area contributed by atoms with Gasteiger partial charge in [-0.3, -0.25) is 0 Å². The number of methoxy groups -OCH3 is 1. The van der Waals surface area contributed by atoms with Crippen LogP contribution in [0.15, 0.2) is 28.8 Å². The molecule has 0 saturated heterocycles. The molecule has 0 saturated carbocycles. The molecule has 0 spiro atoms. The van der Waals surface area contributed by atoms with Gasteiger partial charge in [0.15, 0.2) is 5.82 Å². The van der Waals surface area contributed by atoms with E-state index in [9.17, 15) is 4.79 Å². The second-order valence-corrected chi connectivity index (χ2v) is 4.72. The molecule has 21 heavy (non-hydrogen) atoms. The first-order valence-electron chi connectivity index (χ1n) is 6.85. The molecule has 6 heteroatoms. The highest BCUT2D eigenvalue weighted by Gasteiger charge is 2.16. The monoisotopic (exact) mass is 289 g/mol. The lowest BCUT2D eigenvalue weighted by Gasteiger charge is -2.19. The number of esters is 1. The molecular formula is C15H19N3O3. The number of rotatable bonds is 6. The Bertz CT molecular complexity index is 610. The minimum atomic E-state index is -0.366. The summed E-state index contributed by atoms with van der Waals surface area (Å²) < 4.78 is 10.0. The zero-order valence-electron chi connectivity index (χ0n) is 12.5. The molecule has 0 amide bonds. The standard InChI is InChI=1S/C15H19N3O3/c1-4-7-13-16-14(21-17-13)10-18(2)12-9-6-5-8-11(12)15(19)20-3/h5-6,8-9H,4,7,10H2,1-3H3. The van der Waals surface area contributed by atoms with Crippen LogP contribution in [0.3, 0.4) is 0 Å². The third-order valence-corrected chi connectivity index (χ3v) is 3.08. The van der Waals surface area contributed by atoms with E-state index in [0.717, 1.165) is 18.5 Å². The largest absolute Gasteiger partial charge is 0.465 e. The number of nitrogens with zero attached hydrogens (tertiary/aromatic N) is 3. The summed E-state index contributed by atoms with van der Waals surface area (Å²) in [4.78, 5) is 18.0. The van der Waals surface area contributed by atoms with E-state index < -0.39 is 0 Å². The molecule has 0 fully saturated rings. The highest BCUT2D eigenvalue weighted by atomic mass is 16.5. The maximum Gasteiger partial charge on any atom is 0.339 e. The van der Waals surface area contributed by atoms with E-state index in [1.807, 2.05) is 24.1 Å². The van der Waals surface area contributed by atoms with Gasteiger partial charge in [-0.25, -0.2) is 4.79 Å². The molecule has 2 rings (SSSR count). The number of para-hydroxylation sites is 1. The Balaban J connectivity index is 2.16. The second kappa shape index (κ2) is 6.88. The van der Waals surface area contributed by atoms with Crippen LogP contribution in [-0.2, 0) is 17.7 Å². The first-order chi connectivity index (χ1) is 10.2. The fraction of sp³-hybridized carbons (Fsp3) is 0.400. The molecule has 6 nitrogen and oxygen atoms in total. The highest BCUT2D eigenvalue weighted by molar-refractivity contribution is 5.95. The van der Waals surface area contributed by atoms with Crippen molar-refractivity contribution in [2.24, 2.45) is 0 Å². The molecule has 0 aliphatic heterocycles. The first-order valence-corrected chi connectivity index (χ1v) is 6.85. The van der Waals surface area contributed by atoms with E-state index in [0.29, 0.717) is 23.8 Å². The molecule has 0 radical (unpaired) electrons. The summed E-state index contributed by atoms with van der Waals surface area (Å²) in [6.07, 6.45) is 1.77. The molecule has 1 heterocycles. The second-order valence-electron chi connectivity index (χ2n) is 4.72. The maximum atomic E-state index is 11.8. The molecule has 0 unspecified atom stereocenters. The van der Waals surface area contributed by atoms with E-state index in [4.69, 9.17) is 9.26 Å². The lowest BCUT2D eigenvalue weighted by atomic mass is 10.1. The highest BCUT2D eigenvalue weighted by Crippen LogP contribution is 2.21. The van der Waals surface area contributed by atoms with Crippen molar-refractivity contribution in [2.45, 2.75) is 26.3 Å². The van der Waals surface area contributed by atoms with Crippen LogP contribution in [-0.4, -0.2) is 30.3 Å². The van der Waals surface area contributed by atoms with Gasteiger partial charge in [0.1, 0.15) is 0 Å². The topological polar surface area (TPSA) is 68.5 Å². The predicted molar refractivity (Wildman–Crippen MR) is 78.2 cm³/mol. The van der Waals surface area contributed by atoms with Gasteiger partial charge in [-0.05, 0) is 18.6 Å². The van der Waals surface area contributed by atoms with E-state index in [1.165, 1.54) is 7.11 Å². The Hall–Kier alpha value is -2.37. The number of aromatic nitrogens is 2. The lowest BCUT2D eigenvalue weighted by molar-refractivity contribution is 0.0601. The molecular weight excluding hydrogens is 270 g/mol. The SMILES string of the molecule is CCCc1noc(CN(C)c2ccccc2C(=O)OC)n1. The van der Waals surface area contributed by atoms with Crippen molar-refractivity contribution >= 4 is 11.7 Å². The van der Waals surface area contributed by atoms with Crippen LogP contribution in [0, 0.1) is 0 Å². The van der Waals surface area contributed by atoms with Crippen molar-refractivity contribution in [2.75, 3.05) is 19.1 Å². The zero-order chi connectivity index (χ0) is 15.2. The van der Waals surface area contributed by atoms with Gasteiger partial charge < -0.3 is 14.2 Å². The number of carbonyl (C=O) groups excluding carboxylic acids is 1. The van der Waals surface area contributed by atoms with Crippen LogP contribution in [0.2, 0.25) is 0 Å². The summed E-state index contributed by atoms with van der Waals surface area (Å²) in [5, 5.41) is 3.92. The van der Waals surface area contributed by atoms with Gasteiger partial charge in [0.05, 0.1) is 24.9 Å². The van der Waals surface area contributed by atoms with Crippen molar-refractivity contribution in [3.63, 3.8) is 0 Å². The van der Waals surface area contributed by atoms with Gasteiger partial charge in [-0.2, -0.15) is 4.98 Å². The molecule has 112 valence electrons. The average molecular weight is 289 g/mol. The fourth-order valence-electron chi connectivity index (χ4n) is 2.06. The van der Waals surface area contributed by atoms with Crippen LogP contribution in [0.25, 0.3) is 0 Å². The Morgan fingerprint density at radius 3 is 2.86 bits per heavy atom. The van der Waals surface area contributed by atoms with Gasteiger partial charge in [-0.1, -0.05) is 24.2 Å². The van der Waals surface area contributed by atoms with Crippen LogP contribution < -0.4 is 4.90 Å². The van der Waals surface area contributed by atoms with E-state index in [1.54, 1.807) is 12.1 Å². The molecule has 0 bridgehead atoms. The van der Waals surface area contributed by atoms with Crippen molar-refractivity contribution in [3.8, 4) is 0 Å². The molecule has 0 N–H and O–H groups in total. The van der Waals surface area contributed by atoms with Gasteiger partial charge in [0.2, 0.25) is 5.89 Å². The lowest BCUT2D eigenvalue weighted by Crippen LogP contribution is -2.20. The third-order valence-electron chi connectivity index (χ3n) is 3.08. The van der Waals surface area contributed by atoms with Crippen molar-refractivity contribution in [1.29, 1.82) is 0 Å². The average Bonchev–Trinajstić information content (AvgIpc) is 2.94. The number of benzene rings is 1. The number of carbonyl (C=O) groups is 1. The predicted octanol–water partition coefficient (Wildman–Crippen LogP) is 2.45. The Kier molecular flexibility index (Phi) is 4.92. The van der Waals surface area contributed by atoms with Crippen LogP contribution in [0.1, 0.15) is 35.4 Å². The molecule has 0 atom stereocenters. The Morgan fingerprint density at radius 1 is 1.38 bits per heavy atom. The van der Waals surface area contributed by atoms with Gasteiger partial charge in [0.25, 0.3) is 0 Å². The molecule has 0 aliphatic carbocycles. The van der Waals surface area contributed by atoms with Gasteiger partial charge in [-0.15, -0.1) is 0 Å². The van der Waals surface area contributed by atoms with Crippen LogP contribution in [0.4, 0.5) is 5.69 Å². The number of hydrogen-bond acceptors (Lipinski definition) is 6. The first kappa shape index (κ1) is 15.0. The minimum absolute atomic E-state index is 0.366. The fourth-order valence-corrected chi connectivity index (χ4v) is 2.06. The summed E-state index contributed by atoms with van der Waals surface area (Å²) in [5.41, 5.74) is 1.27. The van der Waals surface area contributed by atoms with Crippen molar-refractivity contribution in [1.82, 2.24) is 10.1 Å². The summed E-state index contributed by atoms with van der Waals surface area (Å²) in [5.74, 6) is 0.873. The number of aryl methyl sites for hydroxylation is 1.